The summed E-state index contributed by atoms with van der Waals surface area (Å²) in [4.78, 5) is 44.6. The second-order valence-electron chi connectivity index (χ2n) is 5.19. The van der Waals surface area contributed by atoms with Crippen LogP contribution in [0.15, 0.2) is 0 Å². The van der Waals surface area contributed by atoms with Crippen molar-refractivity contribution in [2.24, 2.45) is 0 Å². The second-order valence-corrected chi connectivity index (χ2v) is 7.30. The average Bonchev–Trinajstić information content (AvgIpc) is 2.42. The molecule has 0 aromatic heterocycles. The standard InChI is InChI=1S/C14H18Br2O8/c1-5(17)21-11-9(15)10(16)12(22-6(2)18)14(24-8(4)20)13(11)23-7(3)19/h9-14H,1-4H3/t9-,10-,11+,12+,13-,14+/m0/s1. The number of hydrogen-bond donors (Lipinski definition) is 0. The van der Waals surface area contributed by atoms with Crippen LogP contribution < -0.4 is 0 Å². The van der Waals surface area contributed by atoms with Crippen molar-refractivity contribution in [3.05, 3.63) is 0 Å². The smallest absolute Gasteiger partial charge is 0.303 e. The van der Waals surface area contributed by atoms with E-state index < -0.39 is 57.9 Å². The van der Waals surface area contributed by atoms with Gasteiger partial charge in [0.2, 0.25) is 0 Å². The van der Waals surface area contributed by atoms with Crippen LogP contribution in [-0.2, 0) is 38.1 Å². The van der Waals surface area contributed by atoms with Crippen LogP contribution in [0.2, 0.25) is 0 Å². The molecule has 0 amide bonds. The summed E-state index contributed by atoms with van der Waals surface area (Å²) in [6.07, 6.45) is -4.19. The van der Waals surface area contributed by atoms with E-state index >= 15 is 0 Å². The molecule has 0 radical (unpaired) electrons. The maximum atomic E-state index is 11.5. The summed E-state index contributed by atoms with van der Waals surface area (Å²) in [7, 11) is 0. The van der Waals surface area contributed by atoms with Gasteiger partial charge < -0.3 is 18.9 Å². The van der Waals surface area contributed by atoms with Crippen molar-refractivity contribution in [1.82, 2.24) is 0 Å². The van der Waals surface area contributed by atoms with Gasteiger partial charge in [-0.2, -0.15) is 0 Å². The Morgan fingerprint density at radius 3 is 0.958 bits per heavy atom. The second kappa shape index (κ2) is 8.80. The zero-order valence-electron chi connectivity index (χ0n) is 13.5. The molecule has 0 aromatic rings. The molecule has 0 aliphatic heterocycles. The number of ether oxygens (including phenoxy) is 4. The van der Waals surface area contributed by atoms with Crippen LogP contribution in [0, 0.1) is 0 Å². The van der Waals surface area contributed by atoms with E-state index in [1.165, 1.54) is 27.7 Å². The Morgan fingerprint density at radius 1 is 0.542 bits per heavy atom. The fourth-order valence-electron chi connectivity index (χ4n) is 2.40. The van der Waals surface area contributed by atoms with E-state index in [2.05, 4.69) is 31.9 Å². The van der Waals surface area contributed by atoms with Gasteiger partial charge in [-0.25, -0.2) is 0 Å². The normalized spacial score (nSPS) is 32.4. The Bertz CT molecular complexity index is 477. The first-order valence-corrected chi connectivity index (χ1v) is 8.84. The van der Waals surface area contributed by atoms with Crippen molar-refractivity contribution in [3.63, 3.8) is 0 Å². The fraction of sp³-hybridized carbons (Fsp3) is 0.714. The van der Waals surface area contributed by atoms with Crippen LogP contribution in [0.1, 0.15) is 27.7 Å². The van der Waals surface area contributed by atoms with Gasteiger partial charge in [-0.05, 0) is 0 Å². The largest absolute Gasteiger partial charge is 0.457 e. The Morgan fingerprint density at radius 2 is 0.750 bits per heavy atom. The van der Waals surface area contributed by atoms with Crippen LogP contribution in [0.5, 0.6) is 0 Å². The Kier molecular flexibility index (Phi) is 7.65. The number of rotatable bonds is 4. The quantitative estimate of drug-likeness (QED) is 0.341. The van der Waals surface area contributed by atoms with Crippen LogP contribution in [0.4, 0.5) is 0 Å². The summed E-state index contributed by atoms with van der Waals surface area (Å²) in [5.41, 5.74) is 0. The van der Waals surface area contributed by atoms with Crippen LogP contribution in [0.25, 0.3) is 0 Å². The lowest BCUT2D eigenvalue weighted by Gasteiger charge is -2.45. The van der Waals surface area contributed by atoms with E-state index in [-0.39, 0.29) is 0 Å². The SMILES string of the molecule is CC(=O)O[C@@H]1[C@H](OC(C)=O)[C@H](OC(C)=O)[C@@H](Br)[C@H](Br)[C@H]1OC(C)=O. The summed E-state index contributed by atoms with van der Waals surface area (Å²) in [5.74, 6) is -2.53. The minimum Gasteiger partial charge on any atom is -0.457 e. The van der Waals surface area contributed by atoms with Crippen LogP contribution in [0.3, 0.4) is 0 Å². The lowest BCUT2D eigenvalue weighted by molar-refractivity contribution is -0.206. The maximum absolute atomic E-state index is 11.5. The van der Waals surface area contributed by atoms with Crippen molar-refractivity contribution in [2.45, 2.75) is 61.8 Å². The van der Waals surface area contributed by atoms with E-state index in [1.54, 1.807) is 0 Å². The first-order valence-electron chi connectivity index (χ1n) is 7.01. The summed E-state index contributed by atoms with van der Waals surface area (Å²) >= 11 is 6.71. The van der Waals surface area contributed by atoms with E-state index in [4.69, 9.17) is 18.9 Å². The highest BCUT2D eigenvalue weighted by atomic mass is 79.9. The number of halogens is 2. The van der Waals surface area contributed by atoms with Crippen molar-refractivity contribution >= 4 is 55.7 Å². The van der Waals surface area contributed by atoms with E-state index in [9.17, 15) is 19.2 Å². The molecule has 6 atom stereocenters. The summed E-state index contributed by atoms with van der Waals surface area (Å²) in [6.45, 7) is 4.74. The molecule has 1 fully saturated rings. The molecule has 0 bridgehead atoms. The van der Waals surface area contributed by atoms with Gasteiger partial charge in [-0.3, -0.25) is 19.2 Å². The van der Waals surface area contributed by atoms with Gasteiger partial charge in [-0.1, -0.05) is 31.9 Å². The first-order chi connectivity index (χ1) is 11.0. The van der Waals surface area contributed by atoms with Gasteiger partial charge in [-0.15, -0.1) is 0 Å². The Labute approximate surface area is 155 Å². The van der Waals surface area contributed by atoms with Gasteiger partial charge in [0.15, 0.2) is 24.4 Å². The van der Waals surface area contributed by atoms with Gasteiger partial charge in [0.1, 0.15) is 0 Å². The topological polar surface area (TPSA) is 105 Å². The third-order valence-electron chi connectivity index (χ3n) is 3.11. The molecule has 0 aromatic carbocycles. The minimum atomic E-state index is -1.14. The van der Waals surface area contributed by atoms with Gasteiger partial charge in [0.05, 0.1) is 9.65 Å². The molecule has 1 aliphatic carbocycles. The molecule has 0 saturated heterocycles. The van der Waals surface area contributed by atoms with Crippen molar-refractivity contribution < 1.29 is 38.1 Å². The number of carbonyl (C=O) groups is 4. The number of hydrogen-bond acceptors (Lipinski definition) is 8. The zero-order chi connectivity index (χ0) is 18.6. The van der Waals surface area contributed by atoms with E-state index in [0.717, 1.165) is 0 Å². The van der Waals surface area contributed by atoms with E-state index in [0.29, 0.717) is 0 Å². The Balaban J connectivity index is 3.28. The van der Waals surface area contributed by atoms with Crippen LogP contribution in [-0.4, -0.2) is 57.9 Å². The van der Waals surface area contributed by atoms with Gasteiger partial charge >= 0.3 is 23.9 Å². The molecule has 8 nitrogen and oxygen atoms in total. The molecular formula is C14H18Br2O8. The molecule has 0 spiro atoms. The molecule has 1 saturated carbocycles. The van der Waals surface area contributed by atoms with E-state index in [1.807, 2.05) is 0 Å². The first kappa shape index (κ1) is 20.9. The molecule has 0 heterocycles. The summed E-state index contributed by atoms with van der Waals surface area (Å²) in [5, 5.41) is 0. The average molecular weight is 474 g/mol. The third kappa shape index (κ3) is 5.44. The van der Waals surface area contributed by atoms with Gasteiger partial charge in [0, 0.05) is 27.7 Å². The maximum Gasteiger partial charge on any atom is 0.303 e. The fourth-order valence-corrected chi connectivity index (χ4v) is 3.82. The third-order valence-corrected chi connectivity index (χ3v) is 6.00. The zero-order valence-corrected chi connectivity index (χ0v) is 16.7. The highest BCUT2D eigenvalue weighted by Gasteiger charge is 2.55. The van der Waals surface area contributed by atoms with Gasteiger partial charge in [0.25, 0.3) is 0 Å². The number of carbonyl (C=O) groups excluding carboxylic acids is 4. The number of alkyl halides is 2. The monoisotopic (exact) mass is 472 g/mol. The van der Waals surface area contributed by atoms with Crippen molar-refractivity contribution in [3.8, 4) is 0 Å². The predicted octanol–water partition coefficient (Wildman–Crippen LogP) is 1.25. The lowest BCUT2D eigenvalue weighted by Crippen LogP contribution is -2.64. The highest BCUT2D eigenvalue weighted by Crippen LogP contribution is 2.38. The van der Waals surface area contributed by atoms with Crippen molar-refractivity contribution in [2.75, 3.05) is 0 Å². The van der Waals surface area contributed by atoms with Crippen molar-refractivity contribution in [1.29, 1.82) is 0 Å². The minimum absolute atomic E-state index is 0.568. The Hall–Kier alpha value is -1.16. The molecule has 10 heteroatoms. The highest BCUT2D eigenvalue weighted by molar-refractivity contribution is 9.12. The molecule has 0 unspecified atom stereocenters. The molecule has 24 heavy (non-hydrogen) atoms. The number of esters is 4. The molecule has 0 N–H and O–H groups in total. The molecular weight excluding hydrogens is 456 g/mol. The summed E-state index contributed by atoms with van der Waals surface area (Å²) < 4.78 is 20.9. The predicted molar refractivity (Wildman–Crippen MR) is 87.6 cm³/mol. The summed E-state index contributed by atoms with van der Waals surface area (Å²) in [6, 6.07) is 0. The lowest BCUT2D eigenvalue weighted by atomic mass is 9.88. The molecule has 1 rings (SSSR count). The molecule has 136 valence electrons. The van der Waals surface area contributed by atoms with Crippen LogP contribution >= 0.6 is 31.9 Å². The molecule has 1 aliphatic rings.